The van der Waals surface area contributed by atoms with Crippen LogP contribution in [0.4, 0.5) is 0 Å². The van der Waals surface area contributed by atoms with Crippen LogP contribution in [0.3, 0.4) is 0 Å². The molecule has 0 atom stereocenters. The quantitative estimate of drug-likeness (QED) is 0.634. The normalized spacial score (nSPS) is 11.7. The van der Waals surface area contributed by atoms with Gasteiger partial charge in [-0.05, 0) is 35.0 Å². The molecule has 0 bridgehead atoms. The average molecular weight is 357 g/mol. The van der Waals surface area contributed by atoms with E-state index in [0.29, 0.717) is 6.54 Å². The van der Waals surface area contributed by atoms with Crippen LogP contribution in [0.2, 0.25) is 0 Å². The second kappa shape index (κ2) is 7.39. The topological polar surface area (TPSA) is 67.1 Å². The summed E-state index contributed by atoms with van der Waals surface area (Å²) in [6.45, 7) is 4.11. The van der Waals surface area contributed by atoms with Gasteiger partial charge in [-0.25, -0.2) is 9.98 Å². The molecular weight excluding hydrogens is 340 g/mol. The zero-order valence-electron chi connectivity index (χ0n) is 11.4. The summed E-state index contributed by atoms with van der Waals surface area (Å²) in [5.74, 6) is 1.61. The van der Waals surface area contributed by atoms with E-state index in [9.17, 15) is 0 Å². The Kier molecular flexibility index (Phi) is 5.54. The molecule has 0 aliphatic carbocycles. The number of aryl methyl sites for hydroxylation is 1. The van der Waals surface area contributed by atoms with E-state index in [-0.39, 0.29) is 0 Å². The molecule has 2 aromatic rings. The highest BCUT2D eigenvalue weighted by molar-refractivity contribution is 9.11. The van der Waals surface area contributed by atoms with Crippen LogP contribution in [0.1, 0.15) is 17.6 Å². The lowest BCUT2D eigenvalue weighted by atomic mass is 10.4. The molecule has 0 aliphatic heterocycles. The molecule has 2 N–H and O–H groups in total. The maximum Gasteiger partial charge on any atom is 0.191 e. The number of hydrogen-bond donors (Lipinski definition) is 2. The SMILES string of the molecule is CCNC(=NCc1ncnn1C)NCc1ccc(Br)s1. The van der Waals surface area contributed by atoms with Crippen molar-refractivity contribution in [3.8, 4) is 0 Å². The maximum atomic E-state index is 4.50. The van der Waals surface area contributed by atoms with Gasteiger partial charge in [-0.15, -0.1) is 11.3 Å². The molecule has 0 fully saturated rings. The predicted molar refractivity (Wildman–Crippen MR) is 84.7 cm³/mol. The fourth-order valence-corrected chi connectivity index (χ4v) is 3.00. The van der Waals surface area contributed by atoms with Crippen LogP contribution in [0.15, 0.2) is 27.2 Å². The van der Waals surface area contributed by atoms with Crippen molar-refractivity contribution >= 4 is 33.2 Å². The Morgan fingerprint density at radius 1 is 1.45 bits per heavy atom. The van der Waals surface area contributed by atoms with Gasteiger partial charge in [-0.1, -0.05) is 0 Å². The zero-order chi connectivity index (χ0) is 14.4. The van der Waals surface area contributed by atoms with Gasteiger partial charge in [0.05, 0.1) is 10.3 Å². The molecule has 0 aromatic carbocycles. The summed E-state index contributed by atoms with van der Waals surface area (Å²) >= 11 is 5.17. The number of guanidine groups is 1. The summed E-state index contributed by atoms with van der Waals surface area (Å²) in [6, 6.07) is 4.14. The van der Waals surface area contributed by atoms with Crippen molar-refractivity contribution in [2.24, 2.45) is 12.0 Å². The van der Waals surface area contributed by atoms with Crippen LogP contribution in [-0.2, 0) is 20.1 Å². The summed E-state index contributed by atoms with van der Waals surface area (Å²) in [6.07, 6.45) is 1.54. The van der Waals surface area contributed by atoms with Crippen molar-refractivity contribution < 1.29 is 0 Å². The van der Waals surface area contributed by atoms with E-state index >= 15 is 0 Å². The Hall–Kier alpha value is -1.41. The number of aromatic nitrogens is 3. The van der Waals surface area contributed by atoms with E-state index in [1.165, 1.54) is 11.2 Å². The highest BCUT2D eigenvalue weighted by atomic mass is 79.9. The average Bonchev–Trinajstić information content (AvgIpc) is 3.02. The van der Waals surface area contributed by atoms with Crippen molar-refractivity contribution in [3.63, 3.8) is 0 Å². The van der Waals surface area contributed by atoms with E-state index in [4.69, 9.17) is 0 Å². The zero-order valence-corrected chi connectivity index (χ0v) is 13.8. The Morgan fingerprint density at radius 2 is 2.30 bits per heavy atom. The Morgan fingerprint density at radius 3 is 2.90 bits per heavy atom. The molecule has 0 aliphatic rings. The summed E-state index contributed by atoms with van der Waals surface area (Å²) in [7, 11) is 1.86. The lowest BCUT2D eigenvalue weighted by Gasteiger charge is -2.10. The Bertz CT molecular complexity index is 576. The Labute approximate surface area is 130 Å². The van der Waals surface area contributed by atoms with Gasteiger partial charge >= 0.3 is 0 Å². The van der Waals surface area contributed by atoms with Gasteiger partial charge in [0.15, 0.2) is 5.96 Å². The fraction of sp³-hybridized carbons (Fsp3) is 0.417. The van der Waals surface area contributed by atoms with Gasteiger partial charge in [0.1, 0.15) is 18.7 Å². The molecular formula is C12H17BrN6S. The van der Waals surface area contributed by atoms with Gasteiger partial charge in [0, 0.05) is 18.5 Å². The van der Waals surface area contributed by atoms with Crippen molar-refractivity contribution in [3.05, 3.63) is 32.9 Å². The summed E-state index contributed by atoms with van der Waals surface area (Å²) in [4.78, 5) is 9.91. The van der Waals surface area contributed by atoms with Crippen LogP contribution >= 0.6 is 27.3 Å². The van der Waals surface area contributed by atoms with Crippen LogP contribution in [0.25, 0.3) is 0 Å². The number of rotatable bonds is 5. The minimum absolute atomic E-state index is 0.500. The first-order valence-corrected chi connectivity index (χ1v) is 7.89. The fourth-order valence-electron chi connectivity index (χ4n) is 1.57. The van der Waals surface area contributed by atoms with Crippen molar-refractivity contribution in [1.82, 2.24) is 25.4 Å². The summed E-state index contributed by atoms with van der Waals surface area (Å²) in [5, 5.41) is 10.5. The smallest absolute Gasteiger partial charge is 0.191 e. The van der Waals surface area contributed by atoms with Gasteiger partial charge < -0.3 is 10.6 Å². The van der Waals surface area contributed by atoms with Crippen LogP contribution in [0.5, 0.6) is 0 Å². The number of thiophene rings is 1. The highest BCUT2D eigenvalue weighted by Crippen LogP contribution is 2.21. The number of nitrogens with one attached hydrogen (secondary N) is 2. The first-order chi connectivity index (χ1) is 9.69. The second-order valence-corrected chi connectivity index (χ2v) is 6.60. The standard InChI is InChI=1S/C12H17BrN6S/c1-3-14-12(15-6-9-4-5-10(13)20-9)16-7-11-17-8-18-19(11)2/h4-5,8H,3,6-7H2,1-2H3,(H2,14,15,16). The first kappa shape index (κ1) is 15.0. The molecule has 8 heteroatoms. The van der Waals surface area contributed by atoms with Crippen molar-refractivity contribution in [2.45, 2.75) is 20.0 Å². The van der Waals surface area contributed by atoms with Gasteiger partial charge in [-0.2, -0.15) is 5.10 Å². The summed E-state index contributed by atoms with van der Waals surface area (Å²) in [5.41, 5.74) is 0. The largest absolute Gasteiger partial charge is 0.357 e. The molecule has 2 heterocycles. The molecule has 0 radical (unpaired) electrons. The molecule has 20 heavy (non-hydrogen) atoms. The lowest BCUT2D eigenvalue weighted by molar-refractivity contribution is 0.697. The minimum Gasteiger partial charge on any atom is -0.357 e. The molecule has 2 rings (SSSR count). The molecule has 0 spiro atoms. The van der Waals surface area contributed by atoms with Crippen LogP contribution in [-0.4, -0.2) is 27.3 Å². The maximum absolute atomic E-state index is 4.50. The minimum atomic E-state index is 0.500. The van der Waals surface area contributed by atoms with Gasteiger partial charge in [-0.3, -0.25) is 4.68 Å². The van der Waals surface area contributed by atoms with Crippen LogP contribution < -0.4 is 10.6 Å². The third-order valence-corrected chi connectivity index (χ3v) is 4.21. The molecule has 108 valence electrons. The van der Waals surface area contributed by atoms with Crippen LogP contribution in [0, 0.1) is 0 Å². The molecule has 0 amide bonds. The third kappa shape index (κ3) is 4.31. The molecule has 0 saturated heterocycles. The van der Waals surface area contributed by atoms with E-state index in [0.717, 1.165) is 28.7 Å². The highest BCUT2D eigenvalue weighted by Gasteiger charge is 2.03. The second-order valence-electron chi connectivity index (χ2n) is 4.05. The number of halogens is 1. The van der Waals surface area contributed by atoms with E-state index in [1.807, 2.05) is 20.0 Å². The van der Waals surface area contributed by atoms with E-state index in [2.05, 4.69) is 47.7 Å². The third-order valence-electron chi connectivity index (χ3n) is 2.59. The molecule has 6 nitrogen and oxygen atoms in total. The lowest BCUT2D eigenvalue weighted by Crippen LogP contribution is -2.36. The molecule has 2 aromatic heterocycles. The number of aliphatic imine (C=N–C) groups is 1. The van der Waals surface area contributed by atoms with E-state index in [1.54, 1.807) is 16.0 Å². The number of hydrogen-bond acceptors (Lipinski definition) is 4. The summed E-state index contributed by atoms with van der Waals surface area (Å²) < 4.78 is 2.86. The first-order valence-electron chi connectivity index (χ1n) is 6.28. The Balaban J connectivity index is 1.94. The molecule has 0 saturated carbocycles. The number of nitrogens with zero attached hydrogens (tertiary/aromatic N) is 4. The molecule has 0 unspecified atom stereocenters. The monoisotopic (exact) mass is 356 g/mol. The van der Waals surface area contributed by atoms with Gasteiger partial charge in [0.2, 0.25) is 0 Å². The van der Waals surface area contributed by atoms with Gasteiger partial charge in [0.25, 0.3) is 0 Å². The van der Waals surface area contributed by atoms with E-state index < -0.39 is 0 Å². The predicted octanol–water partition coefficient (Wildman–Crippen LogP) is 1.89. The van der Waals surface area contributed by atoms with Crippen molar-refractivity contribution in [2.75, 3.05) is 6.54 Å². The van der Waals surface area contributed by atoms with Crippen molar-refractivity contribution in [1.29, 1.82) is 0 Å².